The van der Waals surface area contributed by atoms with Gasteiger partial charge in [-0.15, -0.1) is 0 Å². The van der Waals surface area contributed by atoms with Gasteiger partial charge in [0.1, 0.15) is 5.75 Å². The molecule has 2 aromatic rings. The zero-order valence-electron chi connectivity index (χ0n) is 11.9. The molecule has 2 rings (SSSR count). The van der Waals surface area contributed by atoms with Gasteiger partial charge in [0.2, 0.25) is 0 Å². The van der Waals surface area contributed by atoms with Crippen molar-refractivity contribution >= 4 is 11.7 Å². The van der Waals surface area contributed by atoms with Gasteiger partial charge in [-0.25, -0.2) is 0 Å². The molecule has 0 spiro atoms. The number of hydrogen-bond donors (Lipinski definition) is 2. The summed E-state index contributed by atoms with van der Waals surface area (Å²) in [7, 11) is 0. The van der Waals surface area contributed by atoms with Crippen LogP contribution < -0.4 is 10.1 Å². The number of carbonyl (C=O) groups is 1. The maximum Gasteiger partial charge on any atom is 0.263 e. The van der Waals surface area contributed by atoms with Gasteiger partial charge >= 0.3 is 0 Å². The topological polar surface area (TPSA) is 90.8 Å². The van der Waals surface area contributed by atoms with Crippen molar-refractivity contribution in [2.45, 2.75) is 19.8 Å². The zero-order chi connectivity index (χ0) is 15.2. The maximum absolute atomic E-state index is 11.7. The van der Waals surface area contributed by atoms with Gasteiger partial charge in [-0.05, 0) is 30.2 Å². The molecule has 0 aliphatic rings. The molecule has 0 aliphatic heterocycles. The summed E-state index contributed by atoms with van der Waals surface area (Å²) in [6.07, 6.45) is 0. The summed E-state index contributed by atoms with van der Waals surface area (Å²) in [5, 5.41) is 18.2. The number of nitrogens with one attached hydrogen (secondary N) is 2. The van der Waals surface area contributed by atoms with Crippen molar-refractivity contribution < 1.29 is 9.53 Å². The van der Waals surface area contributed by atoms with Gasteiger partial charge in [0.25, 0.3) is 5.91 Å². The van der Waals surface area contributed by atoms with Gasteiger partial charge in [-0.3, -0.25) is 9.89 Å². The Kier molecular flexibility index (Phi) is 4.57. The Morgan fingerprint density at radius 3 is 2.71 bits per heavy atom. The second-order valence-corrected chi connectivity index (χ2v) is 4.84. The van der Waals surface area contributed by atoms with Gasteiger partial charge in [-0.1, -0.05) is 13.8 Å². The lowest BCUT2D eigenvalue weighted by Gasteiger charge is -2.05. The van der Waals surface area contributed by atoms with Crippen LogP contribution in [0.25, 0.3) is 0 Å². The third-order valence-electron chi connectivity index (χ3n) is 2.84. The Morgan fingerprint density at radius 2 is 2.14 bits per heavy atom. The van der Waals surface area contributed by atoms with Crippen LogP contribution in [0.2, 0.25) is 0 Å². The third kappa shape index (κ3) is 4.08. The summed E-state index contributed by atoms with van der Waals surface area (Å²) in [6, 6.07) is 10.4. The fourth-order valence-electron chi connectivity index (χ4n) is 1.65. The molecule has 1 aromatic heterocycles. The number of anilines is 1. The average molecular weight is 284 g/mol. The fourth-order valence-corrected chi connectivity index (χ4v) is 1.65. The number of aromatic amines is 1. The molecule has 0 unspecified atom stereocenters. The van der Waals surface area contributed by atoms with E-state index in [2.05, 4.69) is 15.5 Å². The number of hydrogen-bond acceptors (Lipinski definition) is 4. The first-order valence-electron chi connectivity index (χ1n) is 6.56. The van der Waals surface area contributed by atoms with Crippen LogP contribution in [0, 0.1) is 11.3 Å². The van der Waals surface area contributed by atoms with Gasteiger partial charge in [0.05, 0.1) is 11.6 Å². The van der Waals surface area contributed by atoms with Crippen molar-refractivity contribution in [3.05, 3.63) is 41.6 Å². The summed E-state index contributed by atoms with van der Waals surface area (Å²) >= 11 is 0. The zero-order valence-corrected chi connectivity index (χ0v) is 11.9. The Hall–Kier alpha value is -2.81. The van der Waals surface area contributed by atoms with Gasteiger partial charge in [-0.2, -0.15) is 10.4 Å². The second kappa shape index (κ2) is 6.57. The van der Waals surface area contributed by atoms with E-state index < -0.39 is 0 Å². The molecule has 0 fully saturated rings. The van der Waals surface area contributed by atoms with Crippen LogP contribution in [0.3, 0.4) is 0 Å². The molecule has 6 nitrogen and oxygen atoms in total. The number of ether oxygens (including phenoxy) is 1. The summed E-state index contributed by atoms with van der Waals surface area (Å²) < 4.78 is 5.33. The number of aromatic nitrogens is 2. The first-order chi connectivity index (χ1) is 10.1. The van der Waals surface area contributed by atoms with Crippen LogP contribution in [-0.4, -0.2) is 22.7 Å². The summed E-state index contributed by atoms with van der Waals surface area (Å²) in [6.45, 7) is 3.95. The van der Waals surface area contributed by atoms with Crippen LogP contribution in [0.15, 0.2) is 30.3 Å². The van der Waals surface area contributed by atoms with E-state index in [0.29, 0.717) is 23.0 Å². The number of H-pyrrole nitrogens is 1. The van der Waals surface area contributed by atoms with Crippen LogP contribution in [-0.2, 0) is 4.79 Å². The minimum Gasteiger partial charge on any atom is -0.484 e. The lowest BCUT2D eigenvalue weighted by Crippen LogP contribution is -2.20. The lowest BCUT2D eigenvalue weighted by atomic mass is 10.1. The summed E-state index contributed by atoms with van der Waals surface area (Å²) in [5.41, 5.74) is 1.50. The van der Waals surface area contributed by atoms with E-state index in [4.69, 9.17) is 10.00 Å². The molecule has 0 saturated carbocycles. The number of benzene rings is 1. The largest absolute Gasteiger partial charge is 0.484 e. The number of amides is 1. The molecule has 0 saturated heterocycles. The van der Waals surface area contributed by atoms with Crippen molar-refractivity contribution in [2.24, 2.45) is 0 Å². The van der Waals surface area contributed by atoms with Crippen LogP contribution in [0.1, 0.15) is 31.0 Å². The Morgan fingerprint density at radius 1 is 1.43 bits per heavy atom. The lowest BCUT2D eigenvalue weighted by molar-refractivity contribution is -0.118. The molecule has 1 amide bonds. The monoisotopic (exact) mass is 284 g/mol. The normalized spacial score (nSPS) is 10.2. The van der Waals surface area contributed by atoms with Gasteiger partial charge < -0.3 is 10.1 Å². The summed E-state index contributed by atoms with van der Waals surface area (Å²) in [4.78, 5) is 11.7. The first kappa shape index (κ1) is 14.6. The summed E-state index contributed by atoms with van der Waals surface area (Å²) in [5.74, 6) is 1.04. The van der Waals surface area contributed by atoms with Gasteiger partial charge in [0.15, 0.2) is 12.4 Å². The van der Waals surface area contributed by atoms with E-state index >= 15 is 0 Å². The van der Waals surface area contributed by atoms with Crippen molar-refractivity contribution in [1.29, 1.82) is 5.26 Å². The van der Waals surface area contributed by atoms with E-state index in [1.165, 1.54) is 0 Å². The molecule has 1 heterocycles. The smallest absolute Gasteiger partial charge is 0.263 e. The second-order valence-electron chi connectivity index (χ2n) is 4.84. The molecular weight excluding hydrogens is 268 g/mol. The minimum absolute atomic E-state index is 0.115. The van der Waals surface area contributed by atoms with E-state index in [0.717, 1.165) is 5.69 Å². The maximum atomic E-state index is 11.7. The average Bonchev–Trinajstić information content (AvgIpc) is 2.94. The number of carbonyl (C=O) groups excluding carboxylic acids is 1. The Bertz CT molecular complexity index is 653. The third-order valence-corrected chi connectivity index (χ3v) is 2.84. The quantitative estimate of drug-likeness (QED) is 0.882. The Balaban J connectivity index is 1.85. The van der Waals surface area contributed by atoms with E-state index in [1.54, 1.807) is 30.3 Å². The van der Waals surface area contributed by atoms with Crippen molar-refractivity contribution in [1.82, 2.24) is 10.2 Å². The number of nitriles is 1. The highest BCUT2D eigenvalue weighted by molar-refractivity contribution is 5.90. The molecule has 6 heteroatoms. The standard InChI is InChI=1S/C15H16N4O2/c1-10(2)13-7-14(19-18-13)17-15(20)9-21-12-5-3-11(8-16)4-6-12/h3-7,10H,9H2,1-2H3,(H2,17,18,19,20). The van der Waals surface area contributed by atoms with E-state index in [-0.39, 0.29) is 12.5 Å². The van der Waals surface area contributed by atoms with Crippen LogP contribution in [0.4, 0.5) is 5.82 Å². The number of rotatable bonds is 5. The van der Waals surface area contributed by atoms with Gasteiger partial charge in [0, 0.05) is 11.8 Å². The van der Waals surface area contributed by atoms with E-state index in [1.807, 2.05) is 19.9 Å². The predicted molar refractivity (Wildman–Crippen MR) is 78.0 cm³/mol. The predicted octanol–water partition coefficient (Wildman–Crippen LogP) is 2.42. The fraction of sp³-hybridized carbons (Fsp3) is 0.267. The molecule has 0 radical (unpaired) electrons. The van der Waals surface area contributed by atoms with Crippen LogP contribution >= 0.6 is 0 Å². The highest BCUT2D eigenvalue weighted by Crippen LogP contribution is 2.15. The molecule has 0 bridgehead atoms. The first-order valence-corrected chi connectivity index (χ1v) is 6.56. The molecule has 21 heavy (non-hydrogen) atoms. The molecule has 2 N–H and O–H groups in total. The molecule has 0 atom stereocenters. The molecule has 0 aliphatic carbocycles. The van der Waals surface area contributed by atoms with Crippen molar-refractivity contribution in [3.63, 3.8) is 0 Å². The Labute approximate surface area is 122 Å². The molecule has 108 valence electrons. The van der Waals surface area contributed by atoms with E-state index in [9.17, 15) is 4.79 Å². The van der Waals surface area contributed by atoms with Crippen molar-refractivity contribution in [2.75, 3.05) is 11.9 Å². The minimum atomic E-state index is -0.291. The number of nitrogens with zero attached hydrogens (tertiary/aromatic N) is 2. The molecular formula is C15H16N4O2. The highest BCUT2D eigenvalue weighted by Gasteiger charge is 2.08. The SMILES string of the molecule is CC(C)c1cc(NC(=O)COc2ccc(C#N)cc2)n[nH]1. The highest BCUT2D eigenvalue weighted by atomic mass is 16.5. The van der Waals surface area contributed by atoms with Crippen molar-refractivity contribution in [3.8, 4) is 11.8 Å². The molecule has 1 aromatic carbocycles. The van der Waals surface area contributed by atoms with Crippen LogP contribution in [0.5, 0.6) is 5.75 Å².